The number of rotatable bonds is 2. The number of aryl methyl sites for hydroxylation is 1. The van der Waals surface area contributed by atoms with E-state index in [1.165, 1.54) is 5.75 Å². The summed E-state index contributed by atoms with van der Waals surface area (Å²) in [4.78, 5) is 4.47. The summed E-state index contributed by atoms with van der Waals surface area (Å²) in [5.41, 5.74) is 1.38. The van der Waals surface area contributed by atoms with Crippen LogP contribution in [0.2, 0.25) is 0 Å². The molecule has 0 aliphatic carbocycles. The van der Waals surface area contributed by atoms with E-state index in [1.807, 2.05) is 35.1 Å². The van der Waals surface area contributed by atoms with Gasteiger partial charge in [0.25, 0.3) is 5.89 Å². The molecule has 98 valence electrons. The normalized spacial score (nSPS) is 19.3. The van der Waals surface area contributed by atoms with Gasteiger partial charge in [0.2, 0.25) is 0 Å². The fourth-order valence-corrected chi connectivity index (χ4v) is 4.53. The monoisotopic (exact) mass is 292 g/mol. The van der Waals surface area contributed by atoms with Gasteiger partial charge in [0.15, 0.2) is 5.82 Å². The van der Waals surface area contributed by atoms with E-state index >= 15 is 0 Å². The van der Waals surface area contributed by atoms with Crippen LogP contribution in [0.4, 0.5) is 0 Å². The van der Waals surface area contributed by atoms with Gasteiger partial charge in [-0.2, -0.15) is 22.0 Å². The van der Waals surface area contributed by atoms with Gasteiger partial charge >= 0.3 is 0 Å². The van der Waals surface area contributed by atoms with Gasteiger partial charge in [-0.1, -0.05) is 5.16 Å². The third-order valence-corrected chi connectivity index (χ3v) is 5.65. The van der Waals surface area contributed by atoms with E-state index in [0.29, 0.717) is 16.7 Å². The van der Waals surface area contributed by atoms with E-state index in [9.17, 15) is 0 Å². The maximum atomic E-state index is 8.90. The van der Waals surface area contributed by atoms with Crippen molar-refractivity contribution in [1.29, 1.82) is 5.26 Å². The lowest BCUT2D eigenvalue weighted by Gasteiger charge is -2.16. The second kappa shape index (κ2) is 5.31. The largest absolute Gasteiger partial charge is 0.345 e. The first-order valence-corrected chi connectivity index (χ1v) is 8.08. The van der Waals surface area contributed by atoms with Crippen molar-refractivity contribution in [3.8, 4) is 17.7 Å². The highest BCUT2D eigenvalue weighted by molar-refractivity contribution is 8.06. The molecule has 5 nitrogen and oxygen atoms in total. The summed E-state index contributed by atoms with van der Waals surface area (Å²) in [6.07, 6.45) is 1.75. The van der Waals surface area contributed by atoms with E-state index in [-0.39, 0.29) is 0 Å². The van der Waals surface area contributed by atoms with E-state index in [4.69, 9.17) is 9.78 Å². The Morgan fingerprint density at radius 2 is 2.42 bits per heavy atom. The molecule has 0 spiro atoms. The minimum absolute atomic E-state index is 0.312. The van der Waals surface area contributed by atoms with Crippen molar-refractivity contribution >= 4 is 23.5 Å². The van der Waals surface area contributed by atoms with Crippen LogP contribution in [0.15, 0.2) is 16.8 Å². The SMILES string of the molecule is Cn1cc(C#N)cc1-c1nc(C2CSCCS2)no1. The minimum atomic E-state index is 0.312. The zero-order valence-electron chi connectivity index (χ0n) is 10.4. The van der Waals surface area contributed by atoms with Gasteiger partial charge in [-0.15, -0.1) is 11.8 Å². The molecule has 0 aromatic carbocycles. The zero-order chi connectivity index (χ0) is 13.2. The van der Waals surface area contributed by atoms with Crippen molar-refractivity contribution in [3.63, 3.8) is 0 Å². The lowest BCUT2D eigenvalue weighted by molar-refractivity contribution is 0.420. The van der Waals surface area contributed by atoms with Gasteiger partial charge in [0.1, 0.15) is 11.8 Å². The molecule has 2 aromatic rings. The second-order valence-corrected chi connectivity index (χ2v) is 6.69. The maximum Gasteiger partial charge on any atom is 0.274 e. The predicted octanol–water partition coefficient (Wildman–Crippen LogP) is 2.47. The Kier molecular flexibility index (Phi) is 3.53. The summed E-state index contributed by atoms with van der Waals surface area (Å²) in [7, 11) is 1.87. The summed E-state index contributed by atoms with van der Waals surface area (Å²) >= 11 is 3.80. The summed E-state index contributed by atoms with van der Waals surface area (Å²) in [6, 6.07) is 3.87. The summed E-state index contributed by atoms with van der Waals surface area (Å²) in [5.74, 6) is 4.58. The Balaban J connectivity index is 1.88. The fraction of sp³-hybridized carbons (Fsp3) is 0.417. The van der Waals surface area contributed by atoms with Gasteiger partial charge in [-0.3, -0.25) is 0 Å². The van der Waals surface area contributed by atoms with Gasteiger partial charge < -0.3 is 9.09 Å². The number of aromatic nitrogens is 3. The lowest BCUT2D eigenvalue weighted by Crippen LogP contribution is -2.07. The van der Waals surface area contributed by atoms with Crippen molar-refractivity contribution in [2.75, 3.05) is 17.3 Å². The third-order valence-electron chi connectivity index (χ3n) is 2.90. The van der Waals surface area contributed by atoms with Crippen LogP contribution in [0.5, 0.6) is 0 Å². The van der Waals surface area contributed by atoms with Gasteiger partial charge in [0.05, 0.1) is 10.8 Å². The molecule has 19 heavy (non-hydrogen) atoms. The van der Waals surface area contributed by atoms with Crippen molar-refractivity contribution in [2.45, 2.75) is 5.25 Å². The quantitative estimate of drug-likeness (QED) is 0.847. The maximum absolute atomic E-state index is 8.90. The van der Waals surface area contributed by atoms with E-state index < -0.39 is 0 Å². The number of nitrogens with zero attached hydrogens (tertiary/aromatic N) is 4. The highest BCUT2D eigenvalue weighted by Crippen LogP contribution is 2.35. The molecule has 0 amide bonds. The Hall–Kier alpha value is -1.39. The molecule has 0 bridgehead atoms. The number of nitriles is 1. The first kappa shape index (κ1) is 12.6. The molecule has 0 N–H and O–H groups in total. The van der Waals surface area contributed by atoms with Crippen LogP contribution in [0.3, 0.4) is 0 Å². The summed E-state index contributed by atoms with van der Waals surface area (Å²) in [5, 5.41) is 13.3. The number of hydrogen-bond acceptors (Lipinski definition) is 6. The molecule has 3 heterocycles. The zero-order valence-corrected chi connectivity index (χ0v) is 12.0. The summed E-state index contributed by atoms with van der Waals surface area (Å²) in [6.45, 7) is 0. The molecule has 1 unspecified atom stereocenters. The predicted molar refractivity (Wildman–Crippen MR) is 75.9 cm³/mol. The third kappa shape index (κ3) is 2.51. The van der Waals surface area contributed by atoms with Crippen LogP contribution >= 0.6 is 23.5 Å². The van der Waals surface area contributed by atoms with Crippen LogP contribution in [0.25, 0.3) is 11.6 Å². The van der Waals surface area contributed by atoms with Crippen molar-refractivity contribution in [2.24, 2.45) is 7.05 Å². The molecule has 2 aromatic heterocycles. The molecular formula is C12H12N4OS2. The lowest BCUT2D eigenvalue weighted by atomic mass is 10.3. The molecule has 1 atom stereocenters. The molecule has 0 saturated carbocycles. The molecule has 7 heteroatoms. The summed E-state index contributed by atoms with van der Waals surface area (Å²) < 4.78 is 7.16. The van der Waals surface area contributed by atoms with Gasteiger partial charge in [0, 0.05) is 30.5 Å². The van der Waals surface area contributed by atoms with Gasteiger partial charge in [-0.25, -0.2) is 0 Å². The minimum Gasteiger partial charge on any atom is -0.345 e. The molecule has 1 aliphatic rings. The Bertz CT molecular complexity index is 622. The number of thioether (sulfide) groups is 2. The highest BCUT2D eigenvalue weighted by Gasteiger charge is 2.23. The van der Waals surface area contributed by atoms with Crippen molar-refractivity contribution < 1.29 is 4.52 Å². The standard InChI is InChI=1S/C12H12N4OS2/c1-16-6-8(5-13)4-9(16)12-14-11(15-17-12)10-7-18-2-3-19-10/h4,6,10H,2-3,7H2,1H3. The van der Waals surface area contributed by atoms with Gasteiger partial charge in [-0.05, 0) is 6.07 Å². The van der Waals surface area contributed by atoms with Crippen LogP contribution in [-0.2, 0) is 7.05 Å². The first-order valence-electron chi connectivity index (χ1n) is 5.87. The van der Waals surface area contributed by atoms with Crippen molar-refractivity contribution in [1.82, 2.24) is 14.7 Å². The molecule has 1 aliphatic heterocycles. The average molecular weight is 292 g/mol. The molecule has 1 saturated heterocycles. The Morgan fingerprint density at radius 1 is 1.53 bits per heavy atom. The van der Waals surface area contributed by atoms with E-state index in [0.717, 1.165) is 23.0 Å². The molecule has 1 fully saturated rings. The topological polar surface area (TPSA) is 67.6 Å². The van der Waals surface area contributed by atoms with Crippen LogP contribution in [0, 0.1) is 11.3 Å². The number of hydrogen-bond donors (Lipinski definition) is 0. The fourth-order valence-electron chi connectivity index (χ4n) is 1.94. The van der Waals surface area contributed by atoms with Crippen LogP contribution in [-0.4, -0.2) is 32.0 Å². The molecule has 3 rings (SSSR count). The second-order valence-electron chi connectivity index (χ2n) is 4.23. The van der Waals surface area contributed by atoms with Crippen molar-refractivity contribution in [3.05, 3.63) is 23.7 Å². The van der Waals surface area contributed by atoms with Crippen LogP contribution < -0.4 is 0 Å². The highest BCUT2D eigenvalue weighted by atomic mass is 32.2. The smallest absolute Gasteiger partial charge is 0.274 e. The molecular weight excluding hydrogens is 280 g/mol. The Morgan fingerprint density at radius 3 is 3.11 bits per heavy atom. The average Bonchev–Trinajstić information content (AvgIpc) is 3.06. The van der Waals surface area contributed by atoms with E-state index in [1.54, 1.807) is 12.3 Å². The van der Waals surface area contributed by atoms with Crippen LogP contribution in [0.1, 0.15) is 16.6 Å². The Labute approximate surface area is 119 Å². The molecule has 0 radical (unpaired) electrons. The van der Waals surface area contributed by atoms with E-state index in [2.05, 4.69) is 16.2 Å². The first-order chi connectivity index (χ1) is 9.28.